The number of anilines is 1. The van der Waals surface area contributed by atoms with E-state index in [-0.39, 0.29) is 5.91 Å². The second-order valence-corrected chi connectivity index (χ2v) is 5.00. The molecule has 0 radical (unpaired) electrons. The van der Waals surface area contributed by atoms with Crippen molar-refractivity contribution in [2.45, 2.75) is 39.7 Å². The average molecular weight is 271 g/mol. The molecule has 106 valence electrons. The Balaban J connectivity index is 2.18. The summed E-state index contributed by atoms with van der Waals surface area (Å²) in [5.41, 5.74) is 2.11. The van der Waals surface area contributed by atoms with E-state index in [2.05, 4.69) is 6.92 Å². The molecule has 0 atom stereocenters. The van der Waals surface area contributed by atoms with Crippen molar-refractivity contribution in [3.8, 4) is 0 Å². The third kappa shape index (κ3) is 3.73. The number of aryl methyl sites for hydroxylation is 1. The molecule has 3 heteroatoms. The van der Waals surface area contributed by atoms with Crippen molar-refractivity contribution in [3.63, 3.8) is 0 Å². The topological polar surface area (TPSA) is 33.5 Å². The molecule has 1 aromatic carbocycles. The molecule has 0 spiro atoms. The highest BCUT2D eigenvalue weighted by atomic mass is 16.3. The lowest BCUT2D eigenvalue weighted by molar-refractivity contribution is -0.118. The van der Waals surface area contributed by atoms with Gasteiger partial charge in [-0.05, 0) is 37.6 Å². The first-order valence-electron chi connectivity index (χ1n) is 7.10. The number of hydrogen-bond acceptors (Lipinski definition) is 2. The van der Waals surface area contributed by atoms with Gasteiger partial charge in [-0.1, -0.05) is 31.0 Å². The van der Waals surface area contributed by atoms with Crippen LogP contribution in [0.5, 0.6) is 0 Å². The highest BCUT2D eigenvalue weighted by Crippen LogP contribution is 2.20. The van der Waals surface area contributed by atoms with Crippen LogP contribution < -0.4 is 4.90 Å². The van der Waals surface area contributed by atoms with Gasteiger partial charge in [0, 0.05) is 12.1 Å². The highest BCUT2D eigenvalue weighted by molar-refractivity contribution is 5.93. The molecule has 0 unspecified atom stereocenters. The molecule has 1 heterocycles. The summed E-state index contributed by atoms with van der Waals surface area (Å²) in [7, 11) is 0. The lowest BCUT2D eigenvalue weighted by Crippen LogP contribution is -2.29. The van der Waals surface area contributed by atoms with E-state index < -0.39 is 0 Å². The van der Waals surface area contributed by atoms with E-state index in [1.54, 1.807) is 11.2 Å². The minimum absolute atomic E-state index is 0.145. The Morgan fingerprint density at radius 2 is 1.95 bits per heavy atom. The number of hydrogen-bond donors (Lipinski definition) is 0. The Morgan fingerprint density at radius 3 is 2.55 bits per heavy atom. The van der Waals surface area contributed by atoms with E-state index in [1.165, 1.54) is 5.56 Å². The van der Waals surface area contributed by atoms with E-state index in [0.29, 0.717) is 13.0 Å². The number of carbonyl (C=O) groups excluding carboxylic acids is 1. The van der Waals surface area contributed by atoms with E-state index in [0.717, 1.165) is 24.3 Å². The fraction of sp³-hybridized carbons (Fsp3) is 0.353. The summed E-state index contributed by atoms with van der Waals surface area (Å²) in [6, 6.07) is 11.8. The molecular weight excluding hydrogens is 250 g/mol. The monoisotopic (exact) mass is 271 g/mol. The molecule has 0 N–H and O–H groups in total. The zero-order chi connectivity index (χ0) is 14.4. The largest absolute Gasteiger partial charge is 0.467 e. The summed E-state index contributed by atoms with van der Waals surface area (Å²) in [6.45, 7) is 4.62. The predicted molar refractivity (Wildman–Crippen MR) is 80.6 cm³/mol. The average Bonchev–Trinajstić information content (AvgIpc) is 2.96. The minimum Gasteiger partial charge on any atom is -0.467 e. The molecule has 0 aliphatic heterocycles. The Kier molecular flexibility index (Phi) is 4.99. The number of furan rings is 1. The van der Waals surface area contributed by atoms with Crippen LogP contribution >= 0.6 is 0 Å². The summed E-state index contributed by atoms with van der Waals surface area (Å²) in [4.78, 5) is 14.2. The SMILES string of the molecule is CCCCC(=O)N(Cc1ccco1)c1ccc(C)cc1. The molecule has 0 aliphatic rings. The number of amides is 1. The summed E-state index contributed by atoms with van der Waals surface area (Å²) >= 11 is 0. The van der Waals surface area contributed by atoms with Gasteiger partial charge < -0.3 is 9.32 Å². The molecule has 20 heavy (non-hydrogen) atoms. The quantitative estimate of drug-likeness (QED) is 0.784. The van der Waals surface area contributed by atoms with Crippen molar-refractivity contribution < 1.29 is 9.21 Å². The number of benzene rings is 1. The van der Waals surface area contributed by atoms with E-state index in [4.69, 9.17) is 4.42 Å². The minimum atomic E-state index is 0.145. The number of carbonyl (C=O) groups is 1. The molecule has 2 rings (SSSR count). The molecule has 3 nitrogen and oxygen atoms in total. The first-order chi connectivity index (χ1) is 9.70. The van der Waals surface area contributed by atoms with Crippen molar-refractivity contribution >= 4 is 11.6 Å². The van der Waals surface area contributed by atoms with Gasteiger partial charge >= 0.3 is 0 Å². The summed E-state index contributed by atoms with van der Waals surface area (Å²) in [5, 5.41) is 0. The van der Waals surface area contributed by atoms with Crippen LogP contribution in [0.2, 0.25) is 0 Å². The van der Waals surface area contributed by atoms with Crippen LogP contribution in [0, 0.1) is 6.92 Å². The Hall–Kier alpha value is -2.03. The van der Waals surface area contributed by atoms with Gasteiger partial charge in [-0.3, -0.25) is 4.79 Å². The molecule has 0 saturated heterocycles. The molecule has 1 amide bonds. The normalized spacial score (nSPS) is 10.5. The lowest BCUT2D eigenvalue weighted by Gasteiger charge is -2.22. The van der Waals surface area contributed by atoms with Gasteiger partial charge in [0.25, 0.3) is 0 Å². The third-order valence-electron chi connectivity index (χ3n) is 3.28. The van der Waals surface area contributed by atoms with Crippen LogP contribution in [-0.2, 0) is 11.3 Å². The zero-order valence-corrected chi connectivity index (χ0v) is 12.1. The Bertz CT molecular complexity index is 529. The van der Waals surface area contributed by atoms with Crippen molar-refractivity contribution in [3.05, 3.63) is 54.0 Å². The van der Waals surface area contributed by atoms with E-state index in [1.807, 2.05) is 43.3 Å². The lowest BCUT2D eigenvalue weighted by atomic mass is 10.1. The molecule has 0 aliphatic carbocycles. The fourth-order valence-corrected chi connectivity index (χ4v) is 2.07. The zero-order valence-electron chi connectivity index (χ0n) is 12.1. The maximum Gasteiger partial charge on any atom is 0.227 e. The van der Waals surface area contributed by atoms with Crippen LogP contribution in [0.25, 0.3) is 0 Å². The Morgan fingerprint density at radius 1 is 1.20 bits per heavy atom. The third-order valence-corrected chi connectivity index (χ3v) is 3.28. The number of unbranched alkanes of at least 4 members (excludes halogenated alkanes) is 1. The molecule has 0 bridgehead atoms. The second-order valence-electron chi connectivity index (χ2n) is 5.00. The summed E-state index contributed by atoms with van der Waals surface area (Å²) in [5.74, 6) is 0.947. The van der Waals surface area contributed by atoms with Crippen LogP contribution in [0.3, 0.4) is 0 Å². The molecule has 2 aromatic rings. The fourth-order valence-electron chi connectivity index (χ4n) is 2.07. The highest BCUT2D eigenvalue weighted by Gasteiger charge is 2.16. The first-order valence-corrected chi connectivity index (χ1v) is 7.10. The summed E-state index contributed by atoms with van der Waals surface area (Å²) < 4.78 is 5.37. The van der Waals surface area contributed by atoms with Crippen LogP contribution in [0.15, 0.2) is 47.1 Å². The smallest absolute Gasteiger partial charge is 0.227 e. The molecule has 0 saturated carbocycles. The van der Waals surface area contributed by atoms with Gasteiger partial charge in [0.05, 0.1) is 12.8 Å². The molecule has 0 fully saturated rings. The van der Waals surface area contributed by atoms with Gasteiger partial charge in [-0.25, -0.2) is 0 Å². The first kappa shape index (κ1) is 14.4. The maximum atomic E-state index is 12.4. The van der Waals surface area contributed by atoms with Gasteiger partial charge in [0.1, 0.15) is 5.76 Å². The van der Waals surface area contributed by atoms with E-state index >= 15 is 0 Å². The molecule has 1 aromatic heterocycles. The van der Waals surface area contributed by atoms with Crippen molar-refractivity contribution in [2.75, 3.05) is 4.90 Å². The number of rotatable bonds is 6. The van der Waals surface area contributed by atoms with Gasteiger partial charge in [-0.15, -0.1) is 0 Å². The standard InChI is InChI=1S/C17H21NO2/c1-3-4-7-17(19)18(13-16-6-5-12-20-16)15-10-8-14(2)9-11-15/h5-6,8-12H,3-4,7,13H2,1-2H3. The van der Waals surface area contributed by atoms with Gasteiger partial charge in [0.2, 0.25) is 5.91 Å². The second kappa shape index (κ2) is 6.94. The maximum absolute atomic E-state index is 12.4. The van der Waals surface area contributed by atoms with Crippen LogP contribution in [0.1, 0.15) is 37.5 Å². The predicted octanol–water partition coefficient (Wildman–Crippen LogP) is 4.31. The van der Waals surface area contributed by atoms with Crippen LogP contribution in [-0.4, -0.2) is 5.91 Å². The van der Waals surface area contributed by atoms with Crippen molar-refractivity contribution in [1.82, 2.24) is 0 Å². The van der Waals surface area contributed by atoms with Crippen molar-refractivity contribution in [1.29, 1.82) is 0 Å². The number of nitrogens with zero attached hydrogens (tertiary/aromatic N) is 1. The Labute approximate surface area is 120 Å². The molecular formula is C17H21NO2. The van der Waals surface area contributed by atoms with E-state index in [9.17, 15) is 4.79 Å². The summed E-state index contributed by atoms with van der Waals surface area (Å²) in [6.07, 6.45) is 4.15. The van der Waals surface area contributed by atoms with Crippen LogP contribution in [0.4, 0.5) is 5.69 Å². The van der Waals surface area contributed by atoms with Gasteiger partial charge in [-0.2, -0.15) is 0 Å². The van der Waals surface area contributed by atoms with Crippen molar-refractivity contribution in [2.24, 2.45) is 0 Å². The van der Waals surface area contributed by atoms with Gasteiger partial charge in [0.15, 0.2) is 0 Å².